The van der Waals surface area contributed by atoms with Gasteiger partial charge in [0.2, 0.25) is 10.0 Å². The molecule has 0 bridgehead atoms. The number of amides is 1. The maximum absolute atomic E-state index is 12.6. The topological polar surface area (TPSA) is 75.3 Å². The minimum atomic E-state index is -4.63. The van der Waals surface area contributed by atoms with Crippen molar-refractivity contribution in [2.24, 2.45) is 0 Å². The summed E-state index contributed by atoms with van der Waals surface area (Å²) in [5, 5.41) is 2.51. The lowest BCUT2D eigenvalue weighted by Crippen LogP contribution is -2.34. The van der Waals surface area contributed by atoms with Crippen LogP contribution in [-0.2, 0) is 16.2 Å². The standard InChI is InChI=1S/C16H15F3N2O3S/c17-16(18,19)13-7-4-8-14(11-13)25(23,24)21-10-9-20-15(22)12-5-2-1-3-6-12/h1-8,11,21H,9-10H2,(H,20,22). The molecule has 0 saturated heterocycles. The number of hydrogen-bond acceptors (Lipinski definition) is 3. The summed E-state index contributed by atoms with van der Waals surface area (Å²) in [5.74, 6) is -0.376. The molecular weight excluding hydrogens is 357 g/mol. The van der Waals surface area contributed by atoms with Crippen molar-refractivity contribution >= 4 is 15.9 Å². The van der Waals surface area contributed by atoms with Gasteiger partial charge in [0.05, 0.1) is 10.5 Å². The number of benzene rings is 2. The van der Waals surface area contributed by atoms with Gasteiger partial charge in [-0.1, -0.05) is 24.3 Å². The minimum Gasteiger partial charge on any atom is -0.351 e. The second kappa shape index (κ2) is 7.66. The molecule has 5 nitrogen and oxygen atoms in total. The van der Waals surface area contributed by atoms with E-state index in [1.165, 1.54) is 0 Å². The number of alkyl halides is 3. The van der Waals surface area contributed by atoms with Crippen LogP contribution in [0.3, 0.4) is 0 Å². The lowest BCUT2D eigenvalue weighted by Gasteiger charge is -2.11. The molecule has 9 heteroatoms. The van der Waals surface area contributed by atoms with E-state index in [4.69, 9.17) is 0 Å². The molecule has 0 atom stereocenters. The van der Waals surface area contributed by atoms with Gasteiger partial charge in [0.25, 0.3) is 5.91 Å². The molecule has 2 aromatic rings. The number of rotatable bonds is 6. The van der Waals surface area contributed by atoms with Gasteiger partial charge in [-0.2, -0.15) is 13.2 Å². The maximum atomic E-state index is 12.6. The largest absolute Gasteiger partial charge is 0.416 e. The van der Waals surface area contributed by atoms with Crippen LogP contribution in [0.25, 0.3) is 0 Å². The van der Waals surface area contributed by atoms with Crippen molar-refractivity contribution in [3.8, 4) is 0 Å². The van der Waals surface area contributed by atoms with E-state index in [1.54, 1.807) is 30.3 Å². The van der Waals surface area contributed by atoms with Gasteiger partial charge < -0.3 is 5.32 Å². The highest BCUT2D eigenvalue weighted by Crippen LogP contribution is 2.30. The number of sulfonamides is 1. The Labute approximate surface area is 142 Å². The van der Waals surface area contributed by atoms with E-state index in [9.17, 15) is 26.4 Å². The predicted molar refractivity (Wildman–Crippen MR) is 85.4 cm³/mol. The molecule has 2 rings (SSSR count). The van der Waals surface area contributed by atoms with Crippen molar-refractivity contribution in [3.05, 3.63) is 65.7 Å². The van der Waals surface area contributed by atoms with Crippen LogP contribution < -0.4 is 10.0 Å². The number of hydrogen-bond donors (Lipinski definition) is 2. The molecule has 0 unspecified atom stereocenters. The van der Waals surface area contributed by atoms with E-state index in [0.717, 1.165) is 18.2 Å². The van der Waals surface area contributed by atoms with E-state index in [0.29, 0.717) is 11.6 Å². The van der Waals surface area contributed by atoms with Gasteiger partial charge in [0.15, 0.2) is 0 Å². The van der Waals surface area contributed by atoms with Gasteiger partial charge in [-0.25, -0.2) is 13.1 Å². The summed E-state index contributed by atoms with van der Waals surface area (Å²) in [4.78, 5) is 11.3. The van der Waals surface area contributed by atoms with E-state index < -0.39 is 26.7 Å². The average molecular weight is 372 g/mol. The molecule has 2 N–H and O–H groups in total. The Kier molecular flexibility index (Phi) is 5.81. The van der Waals surface area contributed by atoms with Crippen molar-refractivity contribution in [2.75, 3.05) is 13.1 Å². The Morgan fingerprint density at radius 3 is 2.28 bits per heavy atom. The lowest BCUT2D eigenvalue weighted by molar-refractivity contribution is -0.137. The molecular formula is C16H15F3N2O3S. The van der Waals surface area contributed by atoms with Crippen LogP contribution in [0.1, 0.15) is 15.9 Å². The summed E-state index contributed by atoms with van der Waals surface area (Å²) in [6, 6.07) is 11.8. The number of nitrogens with one attached hydrogen (secondary N) is 2. The molecule has 25 heavy (non-hydrogen) atoms. The fraction of sp³-hybridized carbons (Fsp3) is 0.188. The number of halogens is 3. The third kappa shape index (κ3) is 5.30. The highest BCUT2D eigenvalue weighted by molar-refractivity contribution is 7.89. The molecule has 0 spiro atoms. The Bertz CT molecular complexity index is 837. The van der Waals surface area contributed by atoms with Crippen LogP contribution in [0.15, 0.2) is 59.5 Å². The molecule has 0 aromatic heterocycles. The highest BCUT2D eigenvalue weighted by atomic mass is 32.2. The average Bonchev–Trinajstić information content (AvgIpc) is 2.59. The van der Waals surface area contributed by atoms with Gasteiger partial charge in [0.1, 0.15) is 0 Å². The second-order valence-corrected chi connectivity index (χ2v) is 6.81. The van der Waals surface area contributed by atoms with Crippen LogP contribution in [0.4, 0.5) is 13.2 Å². The molecule has 0 aliphatic rings. The fourth-order valence-electron chi connectivity index (χ4n) is 1.98. The first-order valence-electron chi connectivity index (χ1n) is 7.20. The Morgan fingerprint density at radius 2 is 1.64 bits per heavy atom. The van der Waals surface area contributed by atoms with E-state index in [1.807, 2.05) is 0 Å². The first-order valence-corrected chi connectivity index (χ1v) is 8.68. The first-order chi connectivity index (χ1) is 11.7. The zero-order chi connectivity index (χ0) is 18.5. The normalized spacial score (nSPS) is 12.0. The molecule has 0 aliphatic carbocycles. The second-order valence-electron chi connectivity index (χ2n) is 5.05. The van der Waals surface area contributed by atoms with Crippen molar-refractivity contribution < 1.29 is 26.4 Å². The third-order valence-corrected chi connectivity index (χ3v) is 4.67. The minimum absolute atomic E-state index is 0.00802. The summed E-state index contributed by atoms with van der Waals surface area (Å²) in [5.41, 5.74) is -0.629. The van der Waals surface area contributed by atoms with Gasteiger partial charge in [-0.3, -0.25) is 4.79 Å². The number of carbonyl (C=O) groups excluding carboxylic acids is 1. The van der Waals surface area contributed by atoms with Gasteiger partial charge >= 0.3 is 6.18 Å². The van der Waals surface area contributed by atoms with Crippen LogP contribution in [0, 0.1) is 0 Å². The van der Waals surface area contributed by atoms with E-state index in [2.05, 4.69) is 10.0 Å². The summed E-state index contributed by atoms with van der Waals surface area (Å²) in [7, 11) is -4.11. The van der Waals surface area contributed by atoms with Gasteiger partial charge in [0, 0.05) is 18.7 Å². The maximum Gasteiger partial charge on any atom is 0.416 e. The molecule has 0 radical (unpaired) electrons. The first kappa shape index (κ1) is 18.9. The van der Waals surface area contributed by atoms with E-state index >= 15 is 0 Å². The smallest absolute Gasteiger partial charge is 0.351 e. The van der Waals surface area contributed by atoms with Gasteiger partial charge in [-0.15, -0.1) is 0 Å². The summed E-state index contributed by atoms with van der Waals surface area (Å²) >= 11 is 0. The Hall–Kier alpha value is -2.39. The van der Waals surface area contributed by atoms with E-state index in [-0.39, 0.29) is 19.0 Å². The van der Waals surface area contributed by atoms with Crippen LogP contribution >= 0.6 is 0 Å². The molecule has 0 fully saturated rings. The molecule has 134 valence electrons. The van der Waals surface area contributed by atoms with Gasteiger partial charge in [-0.05, 0) is 30.3 Å². The van der Waals surface area contributed by atoms with Crippen LogP contribution in [0.5, 0.6) is 0 Å². The van der Waals surface area contributed by atoms with Crippen molar-refractivity contribution in [3.63, 3.8) is 0 Å². The SMILES string of the molecule is O=C(NCCNS(=O)(=O)c1cccc(C(F)(F)F)c1)c1ccccc1. The Balaban J connectivity index is 1.93. The monoisotopic (exact) mass is 372 g/mol. The molecule has 2 aromatic carbocycles. The summed E-state index contributed by atoms with van der Waals surface area (Å²) in [6.45, 7) is -0.164. The quantitative estimate of drug-likeness (QED) is 0.765. The molecule has 0 heterocycles. The zero-order valence-electron chi connectivity index (χ0n) is 12.9. The van der Waals surface area contributed by atoms with Crippen LogP contribution in [0.2, 0.25) is 0 Å². The summed E-state index contributed by atoms with van der Waals surface area (Å²) in [6.07, 6.45) is -4.63. The van der Waals surface area contributed by atoms with Crippen molar-refractivity contribution in [2.45, 2.75) is 11.1 Å². The molecule has 1 amide bonds. The van der Waals surface area contributed by atoms with Crippen molar-refractivity contribution in [1.29, 1.82) is 0 Å². The summed E-state index contributed by atoms with van der Waals surface area (Å²) < 4.78 is 64.2. The third-order valence-electron chi connectivity index (χ3n) is 3.21. The zero-order valence-corrected chi connectivity index (χ0v) is 13.7. The number of carbonyl (C=O) groups is 1. The fourth-order valence-corrected chi connectivity index (χ4v) is 3.05. The Morgan fingerprint density at radius 1 is 0.960 bits per heavy atom. The lowest BCUT2D eigenvalue weighted by atomic mass is 10.2. The van der Waals surface area contributed by atoms with Crippen molar-refractivity contribution in [1.82, 2.24) is 10.0 Å². The molecule has 0 saturated carbocycles. The molecule has 0 aliphatic heterocycles. The highest BCUT2D eigenvalue weighted by Gasteiger charge is 2.31. The predicted octanol–water partition coefficient (Wildman–Crippen LogP) is 2.41. The van der Waals surface area contributed by atoms with Crippen LogP contribution in [-0.4, -0.2) is 27.4 Å².